The average molecular weight is 725 g/mol. The van der Waals surface area contributed by atoms with Crippen LogP contribution in [0.5, 0.6) is 17.2 Å². The number of phenols is 1. The van der Waals surface area contributed by atoms with Gasteiger partial charge in [-0.15, -0.1) is 0 Å². The number of anilines is 1. The van der Waals surface area contributed by atoms with Crippen LogP contribution < -0.4 is 25.7 Å². The van der Waals surface area contributed by atoms with Crippen LogP contribution in [0.3, 0.4) is 0 Å². The summed E-state index contributed by atoms with van der Waals surface area (Å²) in [6.07, 6.45) is 0. The van der Waals surface area contributed by atoms with E-state index in [4.69, 9.17) is 44.3 Å². The van der Waals surface area contributed by atoms with Crippen LogP contribution in [0.25, 0.3) is 5.69 Å². The summed E-state index contributed by atoms with van der Waals surface area (Å²) in [5, 5.41) is 21.2. The fraction of sp³-hybridized carbons (Fsp3) is 0.250. The molecule has 2 aromatic heterocycles. The normalized spacial score (nSPS) is 11.3. The van der Waals surface area contributed by atoms with Gasteiger partial charge in [-0.2, -0.15) is 5.10 Å². The quantitative estimate of drug-likeness (QED) is 0.133. The molecule has 0 saturated carbocycles. The van der Waals surface area contributed by atoms with Gasteiger partial charge in [0.05, 0.1) is 35.1 Å². The van der Waals surface area contributed by atoms with Gasteiger partial charge in [0.1, 0.15) is 34.7 Å². The second-order valence-corrected chi connectivity index (χ2v) is 13.6. The molecule has 0 aliphatic carbocycles. The zero-order valence-corrected chi connectivity index (χ0v) is 29.9. The molecule has 2 heterocycles. The molecule has 5 aromatic rings. The fourth-order valence-corrected chi connectivity index (χ4v) is 5.64. The SMILES string of the molecule is COc1ccc(Cn2c(C)cc(OCc3ccccc3CNC(=O)Nc3cc(C(C)(C)C)nn3-c3ccc(Cl)c(O)c3)c(Cl)c2=O)cc1Cl. The number of carbonyl (C=O) groups is 1. The molecule has 0 saturated heterocycles. The second-order valence-electron chi connectivity index (χ2n) is 12.4. The number of halogens is 3. The molecule has 256 valence electrons. The van der Waals surface area contributed by atoms with Crippen molar-refractivity contribution in [3.8, 4) is 22.9 Å². The topological polar surface area (TPSA) is 120 Å². The van der Waals surface area contributed by atoms with Crippen molar-refractivity contribution in [2.75, 3.05) is 12.4 Å². The van der Waals surface area contributed by atoms with E-state index in [9.17, 15) is 14.7 Å². The summed E-state index contributed by atoms with van der Waals surface area (Å²) in [6, 6.07) is 20.6. The molecule has 0 fully saturated rings. The Bertz CT molecular complexity index is 2070. The van der Waals surface area contributed by atoms with E-state index in [1.807, 2.05) is 51.1 Å². The van der Waals surface area contributed by atoms with Crippen molar-refractivity contribution in [2.45, 2.75) is 52.8 Å². The number of carbonyl (C=O) groups excluding carboxylic acids is 1. The molecule has 0 aliphatic rings. The van der Waals surface area contributed by atoms with E-state index in [1.165, 1.54) is 13.2 Å². The summed E-state index contributed by atoms with van der Waals surface area (Å²) in [5.74, 6) is 1.11. The number of ether oxygens (including phenoxy) is 2. The Morgan fingerprint density at radius 3 is 2.35 bits per heavy atom. The van der Waals surface area contributed by atoms with Crippen LogP contribution in [0.2, 0.25) is 15.1 Å². The van der Waals surface area contributed by atoms with Crippen LogP contribution in [-0.2, 0) is 25.1 Å². The number of nitrogens with one attached hydrogen (secondary N) is 2. The zero-order chi connectivity index (χ0) is 35.5. The summed E-state index contributed by atoms with van der Waals surface area (Å²) in [6.45, 7) is 8.41. The summed E-state index contributed by atoms with van der Waals surface area (Å²) in [7, 11) is 1.54. The molecule has 3 N–H and O–H groups in total. The predicted octanol–water partition coefficient (Wildman–Crippen LogP) is 8.26. The van der Waals surface area contributed by atoms with Crippen LogP contribution in [0.15, 0.2) is 77.6 Å². The molecule has 0 aliphatic heterocycles. The molecule has 3 aromatic carbocycles. The number of hydrogen-bond acceptors (Lipinski definition) is 6. The molecule has 13 heteroatoms. The minimum atomic E-state index is -0.462. The maximum atomic E-state index is 13.2. The van der Waals surface area contributed by atoms with Gasteiger partial charge in [-0.25, -0.2) is 9.48 Å². The van der Waals surface area contributed by atoms with Crippen molar-refractivity contribution in [3.63, 3.8) is 0 Å². The Labute approximate surface area is 299 Å². The van der Waals surface area contributed by atoms with Crippen LogP contribution >= 0.6 is 34.8 Å². The smallest absolute Gasteiger partial charge is 0.320 e. The Hall–Kier alpha value is -4.64. The third-order valence-corrected chi connectivity index (χ3v) is 8.77. The minimum absolute atomic E-state index is 0.0413. The molecular formula is C36H36Cl3N5O5. The summed E-state index contributed by atoms with van der Waals surface area (Å²) < 4.78 is 14.4. The number of urea groups is 1. The highest BCUT2D eigenvalue weighted by molar-refractivity contribution is 6.32. The lowest BCUT2D eigenvalue weighted by atomic mass is 9.92. The van der Waals surface area contributed by atoms with Gasteiger partial charge in [0, 0.05) is 35.9 Å². The van der Waals surface area contributed by atoms with E-state index in [1.54, 1.807) is 52.6 Å². The van der Waals surface area contributed by atoms with Crippen molar-refractivity contribution in [3.05, 3.63) is 126 Å². The molecular weight excluding hydrogens is 689 g/mol. The lowest BCUT2D eigenvalue weighted by Crippen LogP contribution is -2.29. The highest BCUT2D eigenvalue weighted by Gasteiger charge is 2.22. The number of aromatic hydroxyl groups is 1. The second kappa shape index (κ2) is 14.9. The Kier molecular flexibility index (Phi) is 10.8. The fourth-order valence-electron chi connectivity index (χ4n) is 5.04. The monoisotopic (exact) mass is 723 g/mol. The van der Waals surface area contributed by atoms with Crippen molar-refractivity contribution in [1.29, 1.82) is 0 Å². The first-order valence-electron chi connectivity index (χ1n) is 15.3. The summed E-state index contributed by atoms with van der Waals surface area (Å²) >= 11 is 18.8. The number of methoxy groups -OCH3 is 1. The first-order valence-corrected chi connectivity index (χ1v) is 16.4. The number of rotatable bonds is 10. The molecule has 0 unspecified atom stereocenters. The molecule has 2 amide bonds. The van der Waals surface area contributed by atoms with Gasteiger partial charge in [-0.1, -0.05) is 85.9 Å². The van der Waals surface area contributed by atoms with E-state index < -0.39 is 11.6 Å². The number of aromatic nitrogens is 3. The van der Waals surface area contributed by atoms with E-state index in [0.29, 0.717) is 28.0 Å². The number of nitrogens with zero attached hydrogens (tertiary/aromatic N) is 3. The molecule has 10 nitrogen and oxygen atoms in total. The molecule has 0 radical (unpaired) electrons. The highest BCUT2D eigenvalue weighted by atomic mass is 35.5. The van der Waals surface area contributed by atoms with E-state index in [-0.39, 0.29) is 46.7 Å². The predicted molar refractivity (Wildman–Crippen MR) is 193 cm³/mol. The van der Waals surface area contributed by atoms with Crippen LogP contribution in [0, 0.1) is 6.92 Å². The number of hydrogen-bond donors (Lipinski definition) is 3. The van der Waals surface area contributed by atoms with Gasteiger partial charge in [0.25, 0.3) is 5.56 Å². The summed E-state index contributed by atoms with van der Waals surface area (Å²) in [5.41, 5.74) is 3.66. The van der Waals surface area contributed by atoms with E-state index in [2.05, 4.69) is 15.7 Å². The maximum Gasteiger partial charge on any atom is 0.320 e. The maximum absolute atomic E-state index is 13.2. The molecule has 5 rings (SSSR count). The third kappa shape index (κ3) is 8.33. The minimum Gasteiger partial charge on any atom is -0.506 e. The molecule has 0 atom stereocenters. The third-order valence-electron chi connectivity index (χ3n) is 7.81. The Morgan fingerprint density at radius 2 is 1.67 bits per heavy atom. The molecule has 0 bridgehead atoms. The largest absolute Gasteiger partial charge is 0.506 e. The van der Waals surface area contributed by atoms with Crippen molar-refractivity contribution < 1.29 is 19.4 Å². The van der Waals surface area contributed by atoms with Gasteiger partial charge < -0.3 is 24.5 Å². The molecule has 49 heavy (non-hydrogen) atoms. The number of phenolic OH excluding ortho intramolecular Hbond substituents is 1. The number of pyridine rings is 1. The van der Waals surface area contributed by atoms with Crippen molar-refractivity contribution in [2.24, 2.45) is 0 Å². The van der Waals surface area contributed by atoms with E-state index in [0.717, 1.165) is 22.4 Å². The first-order chi connectivity index (χ1) is 23.2. The van der Waals surface area contributed by atoms with Crippen LogP contribution in [0.1, 0.15) is 48.8 Å². The Balaban J connectivity index is 1.27. The number of amides is 2. The highest BCUT2D eigenvalue weighted by Crippen LogP contribution is 2.31. The van der Waals surface area contributed by atoms with E-state index >= 15 is 0 Å². The number of benzene rings is 3. The van der Waals surface area contributed by atoms with Gasteiger partial charge in [-0.05, 0) is 47.9 Å². The van der Waals surface area contributed by atoms with Gasteiger partial charge in [0.2, 0.25) is 0 Å². The Morgan fingerprint density at radius 1 is 0.939 bits per heavy atom. The lowest BCUT2D eigenvalue weighted by Gasteiger charge is -2.16. The van der Waals surface area contributed by atoms with Crippen LogP contribution in [-0.4, -0.2) is 32.6 Å². The first kappa shape index (κ1) is 35.7. The van der Waals surface area contributed by atoms with Crippen molar-refractivity contribution >= 4 is 46.7 Å². The van der Waals surface area contributed by atoms with Gasteiger partial charge in [0.15, 0.2) is 0 Å². The molecule has 0 spiro atoms. The lowest BCUT2D eigenvalue weighted by molar-refractivity contribution is 0.251. The average Bonchev–Trinajstić information content (AvgIpc) is 3.49. The van der Waals surface area contributed by atoms with Gasteiger partial charge >= 0.3 is 6.03 Å². The standard InChI is InChI=1S/C36H36Cl3N5O5/c1-21-14-30(33(39)34(46)43(21)19-22-10-13-29(48-5)27(38)15-22)49-20-24-9-7-6-8-23(24)18-40-35(47)41-32-17-31(36(2,3)4)42-44(32)25-11-12-26(37)28(45)16-25/h6-17,45H,18-20H2,1-5H3,(H2,40,41,47). The number of aryl methyl sites for hydroxylation is 1. The summed E-state index contributed by atoms with van der Waals surface area (Å²) in [4.78, 5) is 26.4. The van der Waals surface area contributed by atoms with Gasteiger partial charge in [-0.3, -0.25) is 10.1 Å². The zero-order valence-electron chi connectivity index (χ0n) is 27.6. The van der Waals surface area contributed by atoms with Crippen LogP contribution in [0.4, 0.5) is 10.6 Å². The van der Waals surface area contributed by atoms with Crippen molar-refractivity contribution in [1.82, 2.24) is 19.7 Å².